The van der Waals surface area contributed by atoms with Crippen LogP contribution in [-0.4, -0.2) is 40.3 Å². The van der Waals surface area contributed by atoms with Crippen LogP contribution in [0.1, 0.15) is 25.6 Å². The van der Waals surface area contributed by atoms with Gasteiger partial charge in [-0.1, -0.05) is 18.5 Å². The van der Waals surface area contributed by atoms with Crippen LogP contribution in [0.25, 0.3) is 0 Å². The lowest BCUT2D eigenvalue weighted by Gasteiger charge is -2.06. The number of sulfone groups is 1. The van der Waals surface area contributed by atoms with E-state index in [1.165, 1.54) is 28.9 Å². The summed E-state index contributed by atoms with van der Waals surface area (Å²) in [4.78, 5) is 11.9. The van der Waals surface area contributed by atoms with Crippen LogP contribution in [0.4, 0.5) is 0 Å². The zero-order chi connectivity index (χ0) is 17.6. The molecule has 24 heavy (non-hydrogen) atoms. The van der Waals surface area contributed by atoms with Crippen molar-refractivity contribution in [2.45, 2.75) is 37.8 Å². The van der Waals surface area contributed by atoms with Gasteiger partial charge in [0.25, 0.3) is 0 Å². The Balaban J connectivity index is 1.86. The zero-order valence-corrected chi connectivity index (χ0v) is 14.6. The Morgan fingerprint density at radius 1 is 1.29 bits per heavy atom. The number of tetrazole rings is 1. The average Bonchev–Trinajstić information content (AvgIpc) is 2.99. The highest BCUT2D eigenvalue weighted by Crippen LogP contribution is 2.16. The minimum absolute atomic E-state index is 0.0905. The molecule has 0 aliphatic carbocycles. The summed E-state index contributed by atoms with van der Waals surface area (Å²) >= 11 is 5.73. The minimum atomic E-state index is -3.57. The van der Waals surface area contributed by atoms with Crippen LogP contribution in [-0.2, 0) is 32.5 Å². The van der Waals surface area contributed by atoms with Crippen LogP contribution in [0.5, 0.6) is 0 Å². The van der Waals surface area contributed by atoms with Crippen molar-refractivity contribution in [2.75, 3.05) is 5.75 Å². The van der Waals surface area contributed by atoms with Gasteiger partial charge in [0, 0.05) is 11.6 Å². The van der Waals surface area contributed by atoms with E-state index in [1.807, 2.05) is 6.92 Å². The summed E-state index contributed by atoms with van der Waals surface area (Å²) in [6.45, 7) is 2.50. The monoisotopic (exact) mass is 372 g/mol. The first-order valence-corrected chi connectivity index (χ1v) is 9.34. The Morgan fingerprint density at radius 2 is 2.00 bits per heavy atom. The van der Waals surface area contributed by atoms with Crippen LogP contribution >= 0.6 is 11.6 Å². The molecule has 0 unspecified atom stereocenters. The van der Waals surface area contributed by atoms with Gasteiger partial charge in [0.15, 0.2) is 22.3 Å². The lowest BCUT2D eigenvalue weighted by Crippen LogP contribution is -2.15. The van der Waals surface area contributed by atoms with Gasteiger partial charge >= 0.3 is 5.97 Å². The maximum Gasteiger partial charge on any atom is 0.307 e. The number of nitrogens with zero attached hydrogens (tertiary/aromatic N) is 4. The van der Waals surface area contributed by atoms with Gasteiger partial charge < -0.3 is 4.74 Å². The number of carbonyl (C=O) groups is 1. The highest BCUT2D eigenvalue weighted by Gasteiger charge is 2.17. The molecule has 0 aliphatic rings. The summed E-state index contributed by atoms with van der Waals surface area (Å²) in [6.07, 6.45) is 0.589. The van der Waals surface area contributed by atoms with E-state index in [0.717, 1.165) is 6.42 Å². The lowest BCUT2D eigenvalue weighted by molar-refractivity contribution is -0.144. The summed E-state index contributed by atoms with van der Waals surface area (Å²) in [5.74, 6) is -0.544. The Kier molecular flexibility index (Phi) is 6.27. The average molecular weight is 373 g/mol. The van der Waals surface area contributed by atoms with Crippen molar-refractivity contribution >= 4 is 27.4 Å². The molecule has 130 valence electrons. The number of hydrogen-bond acceptors (Lipinski definition) is 7. The molecule has 2 aromatic rings. The molecule has 10 heteroatoms. The van der Waals surface area contributed by atoms with Gasteiger partial charge in [-0.3, -0.25) is 4.79 Å². The largest absolute Gasteiger partial charge is 0.457 e. The molecule has 0 aliphatic heterocycles. The molecule has 2 rings (SSSR count). The number of hydrogen-bond donors (Lipinski definition) is 0. The van der Waals surface area contributed by atoms with Crippen LogP contribution in [0.2, 0.25) is 5.02 Å². The molecule has 8 nitrogen and oxygen atoms in total. The van der Waals surface area contributed by atoms with Crippen LogP contribution < -0.4 is 0 Å². The third-order valence-corrected chi connectivity index (χ3v) is 5.14. The molecule has 0 bridgehead atoms. The quantitative estimate of drug-likeness (QED) is 0.648. The predicted octanol–water partition coefficient (Wildman–Crippen LogP) is 1.64. The number of benzene rings is 1. The van der Waals surface area contributed by atoms with Gasteiger partial charge in [-0.2, -0.15) is 0 Å². The van der Waals surface area contributed by atoms with Gasteiger partial charge in [0.1, 0.15) is 0 Å². The van der Waals surface area contributed by atoms with Crippen molar-refractivity contribution in [3.8, 4) is 0 Å². The molecule has 0 N–H and O–H groups in total. The molecule has 1 aromatic carbocycles. The van der Waals surface area contributed by atoms with Crippen LogP contribution in [0, 0.1) is 0 Å². The third-order valence-electron chi connectivity index (χ3n) is 3.15. The Hall–Kier alpha value is -2.00. The van der Waals surface area contributed by atoms with Gasteiger partial charge in [-0.25, -0.2) is 13.1 Å². The number of ether oxygens (including phenoxy) is 1. The van der Waals surface area contributed by atoms with Crippen LogP contribution in [0.15, 0.2) is 29.2 Å². The van der Waals surface area contributed by atoms with Gasteiger partial charge in [0.05, 0.1) is 17.1 Å². The standard InChI is InChI=1S/C14H17ClN4O4S/c1-2-8-19-13(16-17-18-19)10-23-14(20)7-9-24(21,22)12-5-3-11(15)4-6-12/h3-6H,2,7-10H2,1H3. The Bertz CT molecular complexity index is 789. The fraction of sp³-hybridized carbons (Fsp3) is 0.429. The van der Waals surface area contributed by atoms with Crippen molar-refractivity contribution in [2.24, 2.45) is 0 Å². The summed E-state index contributed by atoms with van der Waals surface area (Å²) < 4.78 is 30.8. The van der Waals surface area contributed by atoms with Crippen molar-refractivity contribution in [1.82, 2.24) is 20.2 Å². The summed E-state index contributed by atoms with van der Waals surface area (Å²) in [5, 5.41) is 11.5. The van der Waals surface area contributed by atoms with Crippen molar-refractivity contribution in [3.63, 3.8) is 0 Å². The molecule has 0 saturated carbocycles. The van der Waals surface area contributed by atoms with Gasteiger partial charge in [0.2, 0.25) is 0 Å². The van der Waals surface area contributed by atoms with Crippen LogP contribution in [0.3, 0.4) is 0 Å². The van der Waals surface area contributed by atoms with E-state index in [-0.39, 0.29) is 23.7 Å². The number of halogens is 1. The van der Waals surface area contributed by atoms with E-state index in [4.69, 9.17) is 16.3 Å². The fourth-order valence-corrected chi connectivity index (χ4v) is 3.25. The summed E-state index contributed by atoms with van der Waals surface area (Å²) in [5.41, 5.74) is 0. The number of aromatic nitrogens is 4. The number of rotatable bonds is 8. The van der Waals surface area contributed by atoms with E-state index in [9.17, 15) is 13.2 Å². The van der Waals surface area contributed by atoms with E-state index >= 15 is 0 Å². The number of esters is 1. The second-order valence-electron chi connectivity index (χ2n) is 5.00. The Morgan fingerprint density at radius 3 is 2.67 bits per heavy atom. The van der Waals surface area contributed by atoms with Gasteiger partial charge in [-0.15, -0.1) is 5.10 Å². The molecule has 1 heterocycles. The second kappa shape index (κ2) is 8.20. The van der Waals surface area contributed by atoms with Crippen molar-refractivity contribution in [1.29, 1.82) is 0 Å². The molecule has 0 saturated heterocycles. The number of carbonyl (C=O) groups excluding carboxylic acids is 1. The summed E-state index contributed by atoms with van der Waals surface area (Å²) in [7, 11) is -3.57. The first-order chi connectivity index (χ1) is 11.4. The molecule has 0 atom stereocenters. The second-order valence-corrected chi connectivity index (χ2v) is 7.55. The zero-order valence-electron chi connectivity index (χ0n) is 13.1. The van der Waals surface area contributed by atoms with E-state index in [0.29, 0.717) is 17.4 Å². The molecule has 0 radical (unpaired) electrons. The van der Waals surface area contributed by atoms with Crippen molar-refractivity contribution in [3.05, 3.63) is 35.1 Å². The predicted molar refractivity (Wildman–Crippen MR) is 86.0 cm³/mol. The topological polar surface area (TPSA) is 104 Å². The highest BCUT2D eigenvalue weighted by molar-refractivity contribution is 7.91. The van der Waals surface area contributed by atoms with Crippen molar-refractivity contribution < 1.29 is 17.9 Å². The van der Waals surface area contributed by atoms with E-state index < -0.39 is 15.8 Å². The molecular formula is C14H17ClN4O4S. The first-order valence-electron chi connectivity index (χ1n) is 7.31. The normalized spacial score (nSPS) is 11.4. The summed E-state index contributed by atoms with van der Waals surface area (Å²) in [6, 6.07) is 5.78. The van der Waals surface area contributed by atoms with E-state index in [2.05, 4.69) is 15.5 Å². The smallest absolute Gasteiger partial charge is 0.307 e. The number of aryl methyl sites for hydroxylation is 1. The molecule has 0 spiro atoms. The molecule has 1 aromatic heterocycles. The maximum atomic E-state index is 12.1. The SMILES string of the molecule is CCCn1nnnc1COC(=O)CCS(=O)(=O)c1ccc(Cl)cc1. The third kappa shape index (κ3) is 5.00. The first kappa shape index (κ1) is 18.3. The minimum Gasteiger partial charge on any atom is -0.457 e. The Labute approximate surface area is 144 Å². The molecular weight excluding hydrogens is 356 g/mol. The van der Waals surface area contributed by atoms with Gasteiger partial charge in [-0.05, 0) is 41.1 Å². The lowest BCUT2D eigenvalue weighted by atomic mass is 10.4. The highest BCUT2D eigenvalue weighted by atomic mass is 35.5. The fourth-order valence-electron chi connectivity index (χ4n) is 1.91. The maximum absolute atomic E-state index is 12.1. The van der Waals surface area contributed by atoms with E-state index in [1.54, 1.807) is 0 Å². The molecule has 0 amide bonds. The molecule has 0 fully saturated rings.